The van der Waals surface area contributed by atoms with Crippen molar-refractivity contribution in [3.63, 3.8) is 0 Å². The summed E-state index contributed by atoms with van der Waals surface area (Å²) < 4.78 is 6.66. The van der Waals surface area contributed by atoms with E-state index < -0.39 is 0 Å². The number of halogens is 1. The molecule has 142 valence electrons. The SMILES string of the molecule is O=C(Oc1ccc(-c2ccc(Br)cc2)cc1)C1CCN(c2cnccn2)CC1. The summed E-state index contributed by atoms with van der Waals surface area (Å²) in [6.45, 7) is 1.56. The van der Waals surface area contributed by atoms with Gasteiger partial charge in [0, 0.05) is 30.0 Å². The van der Waals surface area contributed by atoms with E-state index in [0.717, 1.165) is 47.3 Å². The predicted molar refractivity (Wildman–Crippen MR) is 112 cm³/mol. The third-order valence-electron chi connectivity index (χ3n) is 4.95. The van der Waals surface area contributed by atoms with Crippen molar-refractivity contribution in [3.8, 4) is 16.9 Å². The Balaban J connectivity index is 1.33. The Morgan fingerprint density at radius 1 is 0.964 bits per heavy atom. The summed E-state index contributed by atoms with van der Waals surface area (Å²) >= 11 is 3.44. The molecule has 0 N–H and O–H groups in total. The van der Waals surface area contributed by atoms with Gasteiger partial charge in [-0.25, -0.2) is 4.98 Å². The number of piperidine rings is 1. The summed E-state index contributed by atoms with van der Waals surface area (Å²) in [6.07, 6.45) is 6.62. The number of ether oxygens (including phenoxy) is 1. The maximum Gasteiger partial charge on any atom is 0.314 e. The summed E-state index contributed by atoms with van der Waals surface area (Å²) in [6, 6.07) is 15.8. The molecule has 1 aliphatic heterocycles. The summed E-state index contributed by atoms with van der Waals surface area (Å²) in [5, 5.41) is 0. The molecule has 28 heavy (non-hydrogen) atoms. The second-order valence-electron chi connectivity index (χ2n) is 6.78. The Bertz CT molecular complexity index is 922. The zero-order valence-corrected chi connectivity index (χ0v) is 16.9. The van der Waals surface area contributed by atoms with Crippen molar-refractivity contribution in [3.05, 3.63) is 71.6 Å². The highest BCUT2D eigenvalue weighted by atomic mass is 79.9. The number of hydrogen-bond donors (Lipinski definition) is 0. The van der Waals surface area contributed by atoms with E-state index in [9.17, 15) is 4.79 Å². The molecule has 6 heteroatoms. The molecule has 5 nitrogen and oxygen atoms in total. The summed E-state index contributed by atoms with van der Waals surface area (Å²) in [5.41, 5.74) is 2.21. The van der Waals surface area contributed by atoms with Gasteiger partial charge in [-0.2, -0.15) is 0 Å². The molecular weight excluding hydrogens is 418 g/mol. The summed E-state index contributed by atoms with van der Waals surface area (Å²) in [7, 11) is 0. The Labute approximate surface area is 172 Å². The van der Waals surface area contributed by atoms with Gasteiger partial charge in [0.05, 0.1) is 12.1 Å². The molecule has 0 spiro atoms. The Kier molecular flexibility index (Phi) is 5.67. The number of hydrogen-bond acceptors (Lipinski definition) is 5. The van der Waals surface area contributed by atoms with E-state index in [1.54, 1.807) is 18.6 Å². The van der Waals surface area contributed by atoms with E-state index >= 15 is 0 Å². The van der Waals surface area contributed by atoms with Crippen molar-refractivity contribution in [2.75, 3.05) is 18.0 Å². The first kappa shape index (κ1) is 18.6. The molecule has 2 aromatic carbocycles. The van der Waals surface area contributed by atoms with Crippen LogP contribution in [0.4, 0.5) is 5.82 Å². The first-order valence-corrected chi connectivity index (χ1v) is 10.1. The minimum atomic E-state index is -0.157. The summed E-state index contributed by atoms with van der Waals surface area (Å²) in [5.74, 6) is 1.20. The van der Waals surface area contributed by atoms with E-state index in [0.29, 0.717) is 5.75 Å². The highest BCUT2D eigenvalue weighted by molar-refractivity contribution is 9.10. The zero-order valence-electron chi connectivity index (χ0n) is 15.3. The van der Waals surface area contributed by atoms with Crippen LogP contribution in [0.1, 0.15) is 12.8 Å². The van der Waals surface area contributed by atoms with Gasteiger partial charge in [-0.05, 0) is 48.2 Å². The fourth-order valence-corrected chi connectivity index (χ4v) is 3.62. The number of anilines is 1. The van der Waals surface area contributed by atoms with Crippen molar-refractivity contribution >= 4 is 27.7 Å². The van der Waals surface area contributed by atoms with E-state index in [1.165, 1.54) is 0 Å². The van der Waals surface area contributed by atoms with Crippen LogP contribution in [0, 0.1) is 5.92 Å². The predicted octanol–water partition coefficient (Wildman–Crippen LogP) is 4.73. The Morgan fingerprint density at radius 2 is 1.61 bits per heavy atom. The van der Waals surface area contributed by atoms with Gasteiger partial charge < -0.3 is 9.64 Å². The number of nitrogens with zero attached hydrogens (tertiary/aromatic N) is 3. The molecule has 4 rings (SSSR count). The normalized spacial score (nSPS) is 14.7. The molecule has 0 unspecified atom stereocenters. The molecule has 1 fully saturated rings. The summed E-state index contributed by atoms with van der Waals surface area (Å²) in [4.78, 5) is 23.1. The van der Waals surface area contributed by atoms with Gasteiger partial charge in [0.2, 0.25) is 0 Å². The Morgan fingerprint density at radius 3 is 2.21 bits per heavy atom. The molecule has 1 aromatic heterocycles. The molecule has 0 atom stereocenters. The quantitative estimate of drug-likeness (QED) is 0.436. The molecule has 2 heterocycles. The van der Waals surface area contributed by atoms with Crippen molar-refractivity contribution in [2.45, 2.75) is 12.8 Å². The van der Waals surface area contributed by atoms with E-state index in [2.05, 4.69) is 42.9 Å². The number of rotatable bonds is 4. The highest BCUT2D eigenvalue weighted by Crippen LogP contribution is 2.26. The number of benzene rings is 2. The van der Waals surface area contributed by atoms with Crippen LogP contribution < -0.4 is 9.64 Å². The zero-order chi connectivity index (χ0) is 19.3. The van der Waals surface area contributed by atoms with Crippen molar-refractivity contribution in [2.24, 2.45) is 5.92 Å². The third kappa shape index (κ3) is 4.39. The van der Waals surface area contributed by atoms with Gasteiger partial charge in [-0.15, -0.1) is 0 Å². The van der Waals surface area contributed by atoms with Crippen LogP contribution in [0.2, 0.25) is 0 Å². The number of carbonyl (C=O) groups excluding carboxylic acids is 1. The topological polar surface area (TPSA) is 55.3 Å². The van der Waals surface area contributed by atoms with Crippen LogP contribution in [0.15, 0.2) is 71.6 Å². The highest BCUT2D eigenvalue weighted by Gasteiger charge is 2.27. The lowest BCUT2D eigenvalue weighted by Crippen LogP contribution is -2.38. The second-order valence-corrected chi connectivity index (χ2v) is 7.69. The molecule has 0 radical (unpaired) electrons. The lowest BCUT2D eigenvalue weighted by molar-refractivity contribution is -0.139. The molecule has 0 bridgehead atoms. The van der Waals surface area contributed by atoms with Crippen LogP contribution >= 0.6 is 15.9 Å². The van der Waals surface area contributed by atoms with Gasteiger partial charge in [0.1, 0.15) is 11.6 Å². The van der Waals surface area contributed by atoms with Crippen LogP contribution in [-0.2, 0) is 4.79 Å². The molecule has 0 aliphatic carbocycles. The molecule has 0 saturated carbocycles. The molecule has 1 aliphatic rings. The minimum absolute atomic E-state index is 0.0842. The van der Waals surface area contributed by atoms with Crippen LogP contribution in [0.3, 0.4) is 0 Å². The monoisotopic (exact) mass is 437 g/mol. The lowest BCUT2D eigenvalue weighted by atomic mass is 9.97. The molecule has 0 amide bonds. The maximum absolute atomic E-state index is 12.5. The average Bonchev–Trinajstić information content (AvgIpc) is 2.76. The fraction of sp³-hybridized carbons (Fsp3) is 0.227. The van der Waals surface area contributed by atoms with Crippen LogP contribution in [-0.4, -0.2) is 29.0 Å². The van der Waals surface area contributed by atoms with Gasteiger partial charge >= 0.3 is 5.97 Å². The van der Waals surface area contributed by atoms with Crippen molar-refractivity contribution < 1.29 is 9.53 Å². The number of carbonyl (C=O) groups is 1. The van der Waals surface area contributed by atoms with Crippen LogP contribution in [0.5, 0.6) is 5.75 Å². The average molecular weight is 438 g/mol. The van der Waals surface area contributed by atoms with E-state index in [4.69, 9.17) is 4.74 Å². The first-order chi connectivity index (χ1) is 13.7. The lowest BCUT2D eigenvalue weighted by Gasteiger charge is -2.31. The number of aromatic nitrogens is 2. The third-order valence-corrected chi connectivity index (χ3v) is 5.48. The minimum Gasteiger partial charge on any atom is -0.426 e. The first-order valence-electron chi connectivity index (χ1n) is 9.28. The standard InChI is InChI=1S/C22H20BrN3O2/c23-19-5-1-16(2-6-19)17-3-7-20(8-4-17)28-22(27)18-9-13-26(14-10-18)21-15-24-11-12-25-21/h1-8,11-12,15,18H,9-10,13-14H2. The number of esters is 1. The Hall–Kier alpha value is -2.73. The van der Waals surface area contributed by atoms with E-state index in [-0.39, 0.29) is 11.9 Å². The maximum atomic E-state index is 12.5. The largest absolute Gasteiger partial charge is 0.426 e. The van der Waals surface area contributed by atoms with Gasteiger partial charge in [-0.1, -0.05) is 40.2 Å². The molecular formula is C22H20BrN3O2. The smallest absolute Gasteiger partial charge is 0.314 e. The van der Waals surface area contributed by atoms with Gasteiger partial charge in [0.15, 0.2) is 0 Å². The van der Waals surface area contributed by atoms with Crippen molar-refractivity contribution in [1.82, 2.24) is 9.97 Å². The second kappa shape index (κ2) is 8.52. The van der Waals surface area contributed by atoms with E-state index in [1.807, 2.05) is 36.4 Å². The van der Waals surface area contributed by atoms with Gasteiger partial charge in [-0.3, -0.25) is 9.78 Å². The molecule has 1 saturated heterocycles. The van der Waals surface area contributed by atoms with Gasteiger partial charge in [0.25, 0.3) is 0 Å². The molecule has 3 aromatic rings. The van der Waals surface area contributed by atoms with Crippen molar-refractivity contribution in [1.29, 1.82) is 0 Å². The van der Waals surface area contributed by atoms with Crippen LogP contribution in [0.25, 0.3) is 11.1 Å². The fourth-order valence-electron chi connectivity index (χ4n) is 3.36.